The molecule has 2 N–H and O–H groups in total. The number of hydrogen-bond donors (Lipinski definition) is 1. The monoisotopic (exact) mass is 267 g/mol. The van der Waals surface area contributed by atoms with Gasteiger partial charge in [0.1, 0.15) is 12.4 Å². The zero-order valence-electron chi connectivity index (χ0n) is 11.4. The lowest BCUT2D eigenvalue weighted by atomic mass is 10.2. The maximum absolute atomic E-state index is 8.89. The van der Waals surface area contributed by atoms with E-state index >= 15 is 0 Å². The highest BCUT2D eigenvalue weighted by molar-refractivity contribution is 5.52. The van der Waals surface area contributed by atoms with E-state index in [4.69, 9.17) is 15.7 Å². The zero-order chi connectivity index (χ0) is 14.4. The topological polar surface area (TPSA) is 62.3 Å². The fourth-order valence-electron chi connectivity index (χ4n) is 1.85. The number of para-hydroxylation sites is 2. The van der Waals surface area contributed by atoms with E-state index in [2.05, 4.69) is 6.07 Å². The number of benzene rings is 2. The number of nitrogen functional groups attached to an aromatic ring is 1. The molecular formula is C16H17N3O. The third-order valence-corrected chi connectivity index (χ3v) is 3.02. The van der Waals surface area contributed by atoms with E-state index in [1.807, 2.05) is 54.4 Å². The molecule has 0 heterocycles. The molecule has 0 bridgehead atoms. The second-order valence-electron chi connectivity index (χ2n) is 4.47. The fourth-order valence-corrected chi connectivity index (χ4v) is 1.85. The summed E-state index contributed by atoms with van der Waals surface area (Å²) in [6.45, 7) is 1.24. The number of likely N-dealkylation sites (N-methyl/N-ethyl adjacent to an activating group) is 1. The van der Waals surface area contributed by atoms with Crippen LogP contribution >= 0.6 is 0 Å². The van der Waals surface area contributed by atoms with Crippen LogP contribution in [0.5, 0.6) is 5.75 Å². The number of nitriles is 1. The third-order valence-electron chi connectivity index (χ3n) is 3.02. The molecule has 0 radical (unpaired) electrons. The van der Waals surface area contributed by atoms with Gasteiger partial charge in [-0.2, -0.15) is 5.26 Å². The Kier molecular flexibility index (Phi) is 4.46. The fraction of sp³-hybridized carbons (Fsp3) is 0.188. The van der Waals surface area contributed by atoms with Crippen molar-refractivity contribution in [1.82, 2.24) is 0 Å². The summed E-state index contributed by atoms with van der Waals surface area (Å²) in [6.07, 6.45) is 0. The Labute approximate surface area is 119 Å². The lowest BCUT2D eigenvalue weighted by Gasteiger charge is -2.20. The van der Waals surface area contributed by atoms with Crippen molar-refractivity contribution < 1.29 is 4.74 Å². The summed E-state index contributed by atoms with van der Waals surface area (Å²) in [5, 5.41) is 8.89. The SMILES string of the molecule is CN(CCOc1ccccc1N)c1cccc(C#N)c1. The molecule has 20 heavy (non-hydrogen) atoms. The van der Waals surface area contributed by atoms with Crippen molar-refractivity contribution in [3.05, 3.63) is 54.1 Å². The summed E-state index contributed by atoms with van der Waals surface area (Å²) in [5.41, 5.74) is 8.10. The number of rotatable bonds is 5. The largest absolute Gasteiger partial charge is 0.490 e. The molecule has 2 aromatic carbocycles. The molecule has 0 saturated carbocycles. The van der Waals surface area contributed by atoms with Gasteiger partial charge in [0.2, 0.25) is 0 Å². The minimum absolute atomic E-state index is 0.529. The molecule has 0 aliphatic rings. The second kappa shape index (κ2) is 6.48. The van der Waals surface area contributed by atoms with E-state index in [1.54, 1.807) is 6.07 Å². The molecule has 4 heteroatoms. The van der Waals surface area contributed by atoms with Crippen LogP contribution in [0.15, 0.2) is 48.5 Å². The number of hydrogen-bond acceptors (Lipinski definition) is 4. The number of anilines is 2. The van der Waals surface area contributed by atoms with Crippen molar-refractivity contribution in [2.45, 2.75) is 0 Å². The first-order valence-corrected chi connectivity index (χ1v) is 6.39. The van der Waals surface area contributed by atoms with E-state index in [0.717, 1.165) is 5.69 Å². The van der Waals surface area contributed by atoms with Crippen LogP contribution in [-0.2, 0) is 0 Å². The Hall–Kier alpha value is -2.67. The first-order valence-electron chi connectivity index (χ1n) is 6.39. The summed E-state index contributed by atoms with van der Waals surface area (Å²) < 4.78 is 5.65. The van der Waals surface area contributed by atoms with Crippen molar-refractivity contribution in [2.75, 3.05) is 30.8 Å². The van der Waals surface area contributed by atoms with Gasteiger partial charge in [0.25, 0.3) is 0 Å². The quantitative estimate of drug-likeness (QED) is 0.846. The van der Waals surface area contributed by atoms with Crippen LogP contribution in [0.3, 0.4) is 0 Å². The smallest absolute Gasteiger partial charge is 0.142 e. The highest BCUT2D eigenvalue weighted by Gasteiger charge is 2.03. The van der Waals surface area contributed by atoms with E-state index < -0.39 is 0 Å². The van der Waals surface area contributed by atoms with Gasteiger partial charge in [0.05, 0.1) is 23.9 Å². The van der Waals surface area contributed by atoms with E-state index in [0.29, 0.717) is 30.2 Å². The number of nitrogens with two attached hydrogens (primary N) is 1. The Morgan fingerprint density at radius 2 is 2.00 bits per heavy atom. The van der Waals surface area contributed by atoms with Gasteiger partial charge >= 0.3 is 0 Å². The van der Waals surface area contributed by atoms with Crippen LogP contribution in [0.1, 0.15) is 5.56 Å². The van der Waals surface area contributed by atoms with Gasteiger partial charge in [-0.15, -0.1) is 0 Å². The summed E-state index contributed by atoms with van der Waals surface area (Å²) in [4.78, 5) is 2.04. The summed E-state index contributed by atoms with van der Waals surface area (Å²) in [5.74, 6) is 0.701. The van der Waals surface area contributed by atoms with Gasteiger partial charge in [-0.05, 0) is 30.3 Å². The molecule has 102 valence electrons. The standard InChI is InChI=1S/C16H17N3O/c1-19(14-6-4-5-13(11-14)12-17)9-10-20-16-8-3-2-7-15(16)18/h2-8,11H,9-10,18H2,1H3. The van der Waals surface area contributed by atoms with Crippen molar-refractivity contribution in [3.63, 3.8) is 0 Å². The number of nitrogens with zero attached hydrogens (tertiary/aromatic N) is 2. The van der Waals surface area contributed by atoms with Gasteiger partial charge in [-0.3, -0.25) is 0 Å². The third kappa shape index (κ3) is 3.42. The maximum Gasteiger partial charge on any atom is 0.142 e. The Balaban J connectivity index is 1.91. The van der Waals surface area contributed by atoms with Crippen molar-refractivity contribution in [3.8, 4) is 11.8 Å². The van der Waals surface area contributed by atoms with Gasteiger partial charge in [-0.1, -0.05) is 18.2 Å². The number of ether oxygens (including phenoxy) is 1. The Morgan fingerprint density at radius 1 is 1.20 bits per heavy atom. The summed E-state index contributed by atoms with van der Waals surface area (Å²) in [6, 6.07) is 17.1. The highest BCUT2D eigenvalue weighted by atomic mass is 16.5. The molecule has 0 aliphatic heterocycles. The van der Waals surface area contributed by atoms with Crippen LogP contribution < -0.4 is 15.4 Å². The normalized spacial score (nSPS) is 9.80. The molecule has 0 fully saturated rings. The predicted octanol–water partition coefficient (Wildman–Crippen LogP) is 2.66. The summed E-state index contributed by atoms with van der Waals surface area (Å²) in [7, 11) is 1.97. The van der Waals surface area contributed by atoms with Crippen molar-refractivity contribution in [1.29, 1.82) is 5.26 Å². The molecule has 0 spiro atoms. The van der Waals surface area contributed by atoms with Crippen LogP contribution in [0.4, 0.5) is 11.4 Å². The molecule has 0 aliphatic carbocycles. The van der Waals surface area contributed by atoms with Crippen molar-refractivity contribution in [2.24, 2.45) is 0 Å². The van der Waals surface area contributed by atoms with Crippen molar-refractivity contribution >= 4 is 11.4 Å². The molecule has 0 atom stereocenters. The van der Waals surface area contributed by atoms with Crippen LogP contribution in [0, 0.1) is 11.3 Å². The van der Waals surface area contributed by atoms with Crippen LogP contribution in [0.2, 0.25) is 0 Å². The highest BCUT2D eigenvalue weighted by Crippen LogP contribution is 2.20. The lowest BCUT2D eigenvalue weighted by Crippen LogP contribution is -2.23. The molecule has 0 amide bonds. The molecule has 0 aromatic heterocycles. The molecular weight excluding hydrogens is 250 g/mol. The van der Waals surface area contributed by atoms with Gasteiger partial charge in [0.15, 0.2) is 0 Å². The Bertz CT molecular complexity index is 619. The first kappa shape index (κ1) is 13.8. The Morgan fingerprint density at radius 3 is 2.75 bits per heavy atom. The van der Waals surface area contributed by atoms with Gasteiger partial charge < -0.3 is 15.4 Å². The van der Waals surface area contributed by atoms with E-state index in [9.17, 15) is 0 Å². The second-order valence-corrected chi connectivity index (χ2v) is 4.47. The van der Waals surface area contributed by atoms with E-state index in [-0.39, 0.29) is 0 Å². The summed E-state index contributed by atoms with van der Waals surface area (Å²) >= 11 is 0. The lowest BCUT2D eigenvalue weighted by molar-refractivity contribution is 0.327. The first-order chi connectivity index (χ1) is 9.70. The minimum Gasteiger partial charge on any atom is -0.490 e. The van der Waals surface area contributed by atoms with Gasteiger partial charge in [0, 0.05) is 12.7 Å². The van der Waals surface area contributed by atoms with E-state index in [1.165, 1.54) is 0 Å². The predicted molar refractivity (Wildman–Crippen MR) is 80.8 cm³/mol. The van der Waals surface area contributed by atoms with Gasteiger partial charge in [-0.25, -0.2) is 0 Å². The molecule has 2 aromatic rings. The minimum atomic E-state index is 0.529. The average Bonchev–Trinajstić information content (AvgIpc) is 2.49. The molecule has 0 unspecified atom stereocenters. The molecule has 2 rings (SSSR count). The molecule has 0 saturated heterocycles. The zero-order valence-corrected chi connectivity index (χ0v) is 11.4. The van der Waals surface area contributed by atoms with Crippen LogP contribution in [-0.4, -0.2) is 20.2 Å². The van der Waals surface area contributed by atoms with Crippen LogP contribution in [0.25, 0.3) is 0 Å². The average molecular weight is 267 g/mol. The molecule has 4 nitrogen and oxygen atoms in total. The maximum atomic E-state index is 8.89.